The summed E-state index contributed by atoms with van der Waals surface area (Å²) in [6.07, 6.45) is 6.03. The Morgan fingerprint density at radius 3 is 2.92 bits per heavy atom. The minimum atomic E-state index is -0.200. The fourth-order valence-electron chi connectivity index (χ4n) is 2.18. The average molecular weight is 166 g/mol. The number of nitrogens with zero attached hydrogens (tertiary/aromatic N) is 1. The van der Waals surface area contributed by atoms with E-state index in [2.05, 4.69) is 26.2 Å². The van der Waals surface area contributed by atoms with Crippen molar-refractivity contribution >= 4 is 0 Å². The van der Waals surface area contributed by atoms with Gasteiger partial charge in [0.1, 0.15) is 12.2 Å². The van der Waals surface area contributed by atoms with E-state index in [4.69, 9.17) is 0 Å². The lowest BCUT2D eigenvalue weighted by Gasteiger charge is -2.32. The molecule has 0 aromatic heterocycles. The first-order valence-electron chi connectivity index (χ1n) is 4.52. The van der Waals surface area contributed by atoms with Crippen molar-refractivity contribution in [2.75, 3.05) is 20.6 Å². The third-order valence-corrected chi connectivity index (χ3v) is 2.94. The molecule has 12 heavy (non-hydrogen) atoms. The second kappa shape index (κ2) is 2.44. The highest BCUT2D eigenvalue weighted by Gasteiger charge is 2.34. The Hall–Kier alpha value is -0.600. The summed E-state index contributed by atoms with van der Waals surface area (Å²) in [5, 5.41) is 9.64. The summed E-state index contributed by atoms with van der Waals surface area (Å²) in [5.41, 5.74) is 2.59. The van der Waals surface area contributed by atoms with Gasteiger partial charge in [-0.25, -0.2) is 0 Å². The molecule has 0 spiro atoms. The molecule has 1 atom stereocenters. The maximum absolute atomic E-state index is 9.64. The Morgan fingerprint density at radius 1 is 1.50 bits per heavy atom. The molecule has 0 bridgehead atoms. The van der Waals surface area contributed by atoms with Crippen LogP contribution in [0.25, 0.3) is 0 Å². The lowest BCUT2D eigenvalue weighted by atomic mass is 10.1. The molecule has 1 N–H and O–H groups in total. The molecule has 1 aliphatic heterocycles. The van der Waals surface area contributed by atoms with E-state index >= 15 is 0 Å². The molecule has 66 valence electrons. The third-order valence-electron chi connectivity index (χ3n) is 2.94. The van der Waals surface area contributed by atoms with Crippen molar-refractivity contribution in [3.05, 3.63) is 23.4 Å². The zero-order chi connectivity index (χ0) is 8.77. The number of quaternary nitrogens is 1. The van der Waals surface area contributed by atoms with Crippen LogP contribution < -0.4 is 0 Å². The maximum Gasteiger partial charge on any atom is 0.115 e. The van der Waals surface area contributed by atoms with Crippen molar-refractivity contribution in [2.24, 2.45) is 0 Å². The van der Waals surface area contributed by atoms with Gasteiger partial charge in [-0.15, -0.1) is 0 Å². The number of rotatable bonds is 0. The van der Waals surface area contributed by atoms with Gasteiger partial charge in [0, 0.05) is 12.0 Å². The monoisotopic (exact) mass is 166 g/mol. The SMILES string of the molecule is C[N+]1(C)CC=CC2=C1CCC2O. The molecule has 0 amide bonds. The number of likely N-dealkylation sites (N-methyl/N-ethyl adjacent to an activating group) is 1. The first-order valence-corrected chi connectivity index (χ1v) is 4.52. The predicted molar refractivity (Wildman–Crippen MR) is 48.4 cm³/mol. The van der Waals surface area contributed by atoms with Crippen LogP contribution >= 0.6 is 0 Å². The largest absolute Gasteiger partial charge is 0.388 e. The minimum Gasteiger partial charge on any atom is -0.388 e. The highest BCUT2D eigenvalue weighted by atomic mass is 16.3. The molecule has 0 saturated carbocycles. The summed E-state index contributed by atoms with van der Waals surface area (Å²) in [6, 6.07) is 0. The molecule has 0 radical (unpaired) electrons. The summed E-state index contributed by atoms with van der Waals surface area (Å²) < 4.78 is 0.933. The molecule has 1 heterocycles. The van der Waals surface area contributed by atoms with Crippen LogP contribution in [-0.2, 0) is 0 Å². The number of hydrogen-bond donors (Lipinski definition) is 1. The fourth-order valence-corrected chi connectivity index (χ4v) is 2.18. The van der Waals surface area contributed by atoms with Gasteiger partial charge in [0.25, 0.3) is 0 Å². The van der Waals surface area contributed by atoms with Gasteiger partial charge in [0.15, 0.2) is 0 Å². The van der Waals surface area contributed by atoms with E-state index in [1.165, 1.54) is 11.3 Å². The van der Waals surface area contributed by atoms with Gasteiger partial charge < -0.3 is 5.11 Å². The third kappa shape index (κ3) is 1.03. The highest BCUT2D eigenvalue weighted by Crippen LogP contribution is 2.34. The lowest BCUT2D eigenvalue weighted by Crippen LogP contribution is -2.40. The van der Waals surface area contributed by atoms with Crippen LogP contribution in [0.1, 0.15) is 12.8 Å². The molecule has 0 saturated heterocycles. The van der Waals surface area contributed by atoms with Crippen molar-refractivity contribution in [3.63, 3.8) is 0 Å². The molecule has 1 unspecified atom stereocenters. The first-order chi connectivity index (χ1) is 5.61. The quantitative estimate of drug-likeness (QED) is 0.533. The van der Waals surface area contributed by atoms with Crippen molar-refractivity contribution in [2.45, 2.75) is 18.9 Å². The normalized spacial score (nSPS) is 32.4. The zero-order valence-corrected chi connectivity index (χ0v) is 7.75. The summed E-state index contributed by atoms with van der Waals surface area (Å²) in [5.74, 6) is 0. The second-order valence-corrected chi connectivity index (χ2v) is 4.23. The zero-order valence-electron chi connectivity index (χ0n) is 7.75. The van der Waals surface area contributed by atoms with Crippen LogP contribution in [-0.4, -0.2) is 36.3 Å². The van der Waals surface area contributed by atoms with E-state index in [0.29, 0.717) is 0 Å². The van der Waals surface area contributed by atoms with Crippen LogP contribution in [0.4, 0.5) is 0 Å². The minimum absolute atomic E-state index is 0.200. The first kappa shape index (κ1) is 8.02. The Bertz CT molecular complexity index is 263. The van der Waals surface area contributed by atoms with Gasteiger partial charge in [-0.1, -0.05) is 0 Å². The van der Waals surface area contributed by atoms with Crippen molar-refractivity contribution in [1.82, 2.24) is 0 Å². The number of aliphatic hydroxyl groups excluding tert-OH is 1. The Labute approximate surface area is 73.4 Å². The van der Waals surface area contributed by atoms with Crippen molar-refractivity contribution in [3.8, 4) is 0 Å². The summed E-state index contributed by atoms with van der Waals surface area (Å²) in [7, 11) is 4.41. The van der Waals surface area contributed by atoms with Gasteiger partial charge >= 0.3 is 0 Å². The molecule has 2 aliphatic rings. The van der Waals surface area contributed by atoms with E-state index in [-0.39, 0.29) is 6.10 Å². The molecule has 0 aromatic carbocycles. The predicted octanol–water partition coefficient (Wildman–Crippen LogP) is 1.04. The Morgan fingerprint density at radius 2 is 2.25 bits per heavy atom. The summed E-state index contributed by atoms with van der Waals surface area (Å²) in [6.45, 7) is 1.06. The molecule has 0 aromatic rings. The van der Waals surface area contributed by atoms with E-state index in [0.717, 1.165) is 23.9 Å². The smallest absolute Gasteiger partial charge is 0.115 e. The van der Waals surface area contributed by atoms with Gasteiger partial charge in [0.2, 0.25) is 0 Å². The van der Waals surface area contributed by atoms with Crippen LogP contribution in [0, 0.1) is 0 Å². The van der Waals surface area contributed by atoms with Crippen molar-refractivity contribution in [1.29, 1.82) is 0 Å². The molecular weight excluding hydrogens is 150 g/mol. The second-order valence-electron chi connectivity index (χ2n) is 4.23. The number of allylic oxidation sites excluding steroid dienone is 1. The molecule has 2 heteroatoms. The topological polar surface area (TPSA) is 20.2 Å². The number of hydrogen-bond acceptors (Lipinski definition) is 1. The fraction of sp³-hybridized carbons (Fsp3) is 0.600. The van der Waals surface area contributed by atoms with Crippen LogP contribution in [0.15, 0.2) is 23.4 Å². The molecule has 0 fully saturated rings. The van der Waals surface area contributed by atoms with E-state index in [9.17, 15) is 5.11 Å². The summed E-state index contributed by atoms with van der Waals surface area (Å²) >= 11 is 0. The Balaban J connectivity index is 2.41. The van der Waals surface area contributed by atoms with Crippen LogP contribution in [0.3, 0.4) is 0 Å². The van der Waals surface area contributed by atoms with E-state index in [1.807, 2.05) is 0 Å². The van der Waals surface area contributed by atoms with E-state index in [1.54, 1.807) is 0 Å². The summed E-state index contributed by atoms with van der Waals surface area (Å²) in [4.78, 5) is 0. The van der Waals surface area contributed by atoms with Crippen LogP contribution in [0.2, 0.25) is 0 Å². The molecule has 2 nitrogen and oxygen atoms in total. The molecule has 2 rings (SSSR count). The molecular formula is C10H16NO+. The lowest BCUT2D eigenvalue weighted by molar-refractivity contribution is -0.848. The average Bonchev–Trinajstić information content (AvgIpc) is 2.33. The van der Waals surface area contributed by atoms with Gasteiger partial charge in [-0.05, 0) is 18.6 Å². The van der Waals surface area contributed by atoms with Crippen molar-refractivity contribution < 1.29 is 9.59 Å². The molecule has 1 aliphatic carbocycles. The number of aliphatic hydroxyl groups is 1. The standard InChI is InChI=1S/C10H16NO/c1-11(2)7-3-4-8-9(11)5-6-10(8)12/h3-4,10,12H,5-7H2,1-2H3/q+1. The van der Waals surface area contributed by atoms with Gasteiger partial charge in [0.05, 0.1) is 20.2 Å². The van der Waals surface area contributed by atoms with Gasteiger partial charge in [-0.3, -0.25) is 4.48 Å². The van der Waals surface area contributed by atoms with Gasteiger partial charge in [-0.2, -0.15) is 0 Å². The van der Waals surface area contributed by atoms with E-state index < -0.39 is 0 Å². The highest BCUT2D eigenvalue weighted by molar-refractivity contribution is 5.32. The Kier molecular flexibility index (Phi) is 1.63. The maximum atomic E-state index is 9.64. The van der Waals surface area contributed by atoms with Crippen LogP contribution in [0.5, 0.6) is 0 Å².